The summed E-state index contributed by atoms with van der Waals surface area (Å²) in [5.41, 5.74) is 8.10. The third kappa shape index (κ3) is 3.20. The Morgan fingerprint density at radius 2 is 1.78 bits per heavy atom. The average Bonchev–Trinajstić information content (AvgIpc) is 2.34. The molecule has 0 heterocycles. The molecule has 0 amide bonds. The molecule has 0 spiro atoms. The topological polar surface area (TPSA) is 26.0 Å². The Kier molecular flexibility index (Phi) is 4.94. The summed E-state index contributed by atoms with van der Waals surface area (Å²) in [5.74, 6) is 0. The molecule has 0 aliphatic carbocycles. The second kappa shape index (κ2) is 6.09. The summed E-state index contributed by atoms with van der Waals surface area (Å²) in [6, 6.07) is 11.0. The predicted molar refractivity (Wildman–Crippen MR) is 89.4 cm³/mol. The molecule has 2 N–H and O–H groups in total. The van der Waals surface area contributed by atoms with E-state index >= 15 is 0 Å². The highest BCUT2D eigenvalue weighted by atomic mass is 127. The van der Waals surface area contributed by atoms with Crippen LogP contribution in [0.15, 0.2) is 40.9 Å². The van der Waals surface area contributed by atoms with Crippen molar-refractivity contribution in [2.75, 3.05) is 0 Å². The van der Waals surface area contributed by atoms with Gasteiger partial charge in [0.2, 0.25) is 0 Å². The minimum Gasteiger partial charge on any atom is -0.320 e. The quantitative estimate of drug-likeness (QED) is 0.601. The first kappa shape index (κ1) is 14.6. The smallest absolute Gasteiger partial charge is 0.0578 e. The van der Waals surface area contributed by atoms with Gasteiger partial charge in [-0.1, -0.05) is 39.1 Å². The van der Waals surface area contributed by atoms with Gasteiger partial charge in [-0.05, 0) is 70.1 Å². The summed E-state index contributed by atoms with van der Waals surface area (Å²) < 4.78 is 2.09. The zero-order chi connectivity index (χ0) is 13.3. The van der Waals surface area contributed by atoms with Crippen LogP contribution in [0.4, 0.5) is 0 Å². The Morgan fingerprint density at radius 1 is 1.06 bits per heavy atom. The molecule has 0 fully saturated rings. The van der Waals surface area contributed by atoms with Crippen molar-refractivity contribution in [2.45, 2.75) is 6.04 Å². The third-order valence-electron chi connectivity index (χ3n) is 2.59. The van der Waals surface area contributed by atoms with Crippen LogP contribution in [0.1, 0.15) is 17.2 Å². The second-order valence-corrected chi connectivity index (χ2v) is 6.75. The highest BCUT2D eigenvalue weighted by molar-refractivity contribution is 14.1. The Morgan fingerprint density at radius 3 is 2.50 bits per heavy atom. The van der Waals surface area contributed by atoms with E-state index in [-0.39, 0.29) is 6.04 Å². The molecule has 1 unspecified atom stereocenters. The molecule has 5 heteroatoms. The lowest BCUT2D eigenvalue weighted by Gasteiger charge is -2.16. The fourth-order valence-corrected chi connectivity index (χ4v) is 3.10. The highest BCUT2D eigenvalue weighted by Crippen LogP contribution is 2.33. The van der Waals surface area contributed by atoms with E-state index < -0.39 is 0 Å². The molecular weight excluding hydrogens is 448 g/mol. The lowest BCUT2D eigenvalue weighted by Crippen LogP contribution is -2.13. The zero-order valence-corrected chi connectivity index (χ0v) is 14.4. The van der Waals surface area contributed by atoms with E-state index in [1.165, 1.54) is 0 Å². The molecule has 0 saturated carbocycles. The maximum absolute atomic E-state index is 6.28. The lowest BCUT2D eigenvalue weighted by atomic mass is 10.00. The predicted octanol–water partition coefficient (Wildman–Crippen LogP) is 5.41. The summed E-state index contributed by atoms with van der Waals surface area (Å²) in [6.07, 6.45) is 0. The summed E-state index contributed by atoms with van der Waals surface area (Å²) in [6.45, 7) is 0. The Labute approximate surface area is 138 Å². The summed E-state index contributed by atoms with van der Waals surface area (Å²) in [5, 5.41) is 1.25. The maximum Gasteiger partial charge on any atom is 0.0578 e. The third-order valence-corrected chi connectivity index (χ3v) is 4.56. The Hall–Kier alpha value is 0.190. The largest absolute Gasteiger partial charge is 0.320 e. The van der Waals surface area contributed by atoms with Crippen LogP contribution >= 0.6 is 61.7 Å². The van der Waals surface area contributed by atoms with Gasteiger partial charge in [0, 0.05) is 18.1 Å². The van der Waals surface area contributed by atoms with E-state index in [0.29, 0.717) is 10.0 Å². The molecule has 2 rings (SSSR count). The van der Waals surface area contributed by atoms with Gasteiger partial charge in [-0.25, -0.2) is 0 Å². The average molecular weight is 457 g/mol. The normalized spacial score (nSPS) is 12.5. The molecular formula is C13H9BrCl2IN. The van der Waals surface area contributed by atoms with Gasteiger partial charge in [-0.2, -0.15) is 0 Å². The Balaban J connectivity index is 2.50. The molecule has 1 nitrogen and oxygen atoms in total. The number of hydrogen-bond donors (Lipinski definition) is 1. The zero-order valence-electron chi connectivity index (χ0n) is 9.13. The molecule has 0 bridgehead atoms. The lowest BCUT2D eigenvalue weighted by molar-refractivity contribution is 0.865. The van der Waals surface area contributed by atoms with Gasteiger partial charge in [0.25, 0.3) is 0 Å². The van der Waals surface area contributed by atoms with Gasteiger partial charge in [0.05, 0.1) is 6.04 Å². The van der Waals surface area contributed by atoms with Gasteiger partial charge < -0.3 is 5.73 Å². The van der Waals surface area contributed by atoms with Gasteiger partial charge in [0.15, 0.2) is 0 Å². The van der Waals surface area contributed by atoms with E-state index in [1.54, 1.807) is 18.2 Å². The van der Waals surface area contributed by atoms with E-state index in [9.17, 15) is 0 Å². The molecule has 0 aromatic heterocycles. The minimum absolute atomic E-state index is 0.305. The van der Waals surface area contributed by atoms with Crippen molar-refractivity contribution in [2.24, 2.45) is 5.73 Å². The first-order valence-electron chi connectivity index (χ1n) is 5.14. The standard InChI is InChI=1S/C13H9BrCl2IN/c14-11-3-2-8(17)6-9(11)13(18)10-5-7(15)1-4-12(10)16/h1-6,13H,18H2. The van der Waals surface area contributed by atoms with Crippen LogP contribution in [0.2, 0.25) is 10.0 Å². The molecule has 0 radical (unpaired) electrons. The molecule has 94 valence electrons. The Bertz CT molecular complexity index is 538. The van der Waals surface area contributed by atoms with Crippen LogP contribution in [0.5, 0.6) is 0 Å². The highest BCUT2D eigenvalue weighted by Gasteiger charge is 2.16. The van der Waals surface area contributed by atoms with Crippen molar-refractivity contribution in [1.82, 2.24) is 0 Å². The maximum atomic E-state index is 6.28. The molecule has 2 aromatic carbocycles. The summed E-state index contributed by atoms with van der Waals surface area (Å²) in [7, 11) is 0. The van der Waals surface area contributed by atoms with Crippen molar-refractivity contribution in [3.8, 4) is 0 Å². The molecule has 0 aliphatic heterocycles. The molecule has 0 aliphatic rings. The second-order valence-electron chi connectivity index (χ2n) is 3.81. The van der Waals surface area contributed by atoms with E-state index in [0.717, 1.165) is 19.2 Å². The van der Waals surface area contributed by atoms with Crippen molar-refractivity contribution in [3.63, 3.8) is 0 Å². The monoisotopic (exact) mass is 455 g/mol. The van der Waals surface area contributed by atoms with Gasteiger partial charge in [0.1, 0.15) is 0 Å². The van der Waals surface area contributed by atoms with Crippen molar-refractivity contribution in [1.29, 1.82) is 0 Å². The molecule has 18 heavy (non-hydrogen) atoms. The first-order valence-corrected chi connectivity index (χ1v) is 7.77. The van der Waals surface area contributed by atoms with E-state index in [1.807, 2.05) is 18.2 Å². The van der Waals surface area contributed by atoms with Crippen molar-refractivity contribution in [3.05, 3.63) is 65.6 Å². The van der Waals surface area contributed by atoms with Crippen LogP contribution < -0.4 is 5.73 Å². The van der Waals surface area contributed by atoms with Gasteiger partial charge >= 0.3 is 0 Å². The number of hydrogen-bond acceptors (Lipinski definition) is 1. The summed E-state index contributed by atoms with van der Waals surface area (Å²) >= 11 is 17.9. The summed E-state index contributed by atoms with van der Waals surface area (Å²) in [4.78, 5) is 0. The first-order chi connectivity index (χ1) is 8.49. The number of benzene rings is 2. The van der Waals surface area contributed by atoms with Crippen molar-refractivity contribution >= 4 is 61.7 Å². The van der Waals surface area contributed by atoms with Gasteiger partial charge in [-0.15, -0.1) is 0 Å². The van der Waals surface area contributed by atoms with E-state index in [4.69, 9.17) is 28.9 Å². The minimum atomic E-state index is -0.305. The van der Waals surface area contributed by atoms with Crippen LogP contribution in [0, 0.1) is 3.57 Å². The SMILES string of the molecule is NC(c1cc(Cl)ccc1Cl)c1cc(I)ccc1Br. The van der Waals surface area contributed by atoms with Crippen LogP contribution in [0.25, 0.3) is 0 Å². The number of nitrogens with two attached hydrogens (primary N) is 1. The number of rotatable bonds is 2. The molecule has 1 atom stereocenters. The van der Waals surface area contributed by atoms with Crippen molar-refractivity contribution < 1.29 is 0 Å². The molecule has 0 saturated heterocycles. The number of halogens is 4. The fraction of sp³-hybridized carbons (Fsp3) is 0.0769. The van der Waals surface area contributed by atoms with Gasteiger partial charge in [-0.3, -0.25) is 0 Å². The van der Waals surface area contributed by atoms with Crippen LogP contribution in [0.3, 0.4) is 0 Å². The van der Waals surface area contributed by atoms with E-state index in [2.05, 4.69) is 38.5 Å². The van der Waals surface area contributed by atoms with Crippen LogP contribution in [-0.2, 0) is 0 Å². The van der Waals surface area contributed by atoms with Crippen LogP contribution in [-0.4, -0.2) is 0 Å². The fourth-order valence-electron chi connectivity index (χ4n) is 1.67. The molecule has 2 aromatic rings.